The first-order valence-electron chi connectivity index (χ1n) is 8.22. The highest BCUT2D eigenvalue weighted by molar-refractivity contribution is 6.53. The number of nitrogens with zero attached hydrogens (tertiary/aromatic N) is 2. The predicted molar refractivity (Wildman–Crippen MR) is 97.4 cm³/mol. The van der Waals surface area contributed by atoms with E-state index in [1.54, 1.807) is 6.92 Å². The maximum Gasteiger partial charge on any atom is 0.339 e. The van der Waals surface area contributed by atoms with Gasteiger partial charge in [-0.3, -0.25) is 14.4 Å². The van der Waals surface area contributed by atoms with Gasteiger partial charge in [0.05, 0.1) is 12.8 Å². The average Bonchev–Trinajstić information content (AvgIpc) is 2.88. The fourth-order valence-electron chi connectivity index (χ4n) is 2.62. The van der Waals surface area contributed by atoms with Gasteiger partial charge in [-0.05, 0) is 48.9 Å². The number of hydrogen-bond acceptors (Lipinski definition) is 5. The van der Waals surface area contributed by atoms with Crippen molar-refractivity contribution in [1.82, 2.24) is 4.90 Å². The highest BCUT2D eigenvalue weighted by atomic mass is 19.1. The molecule has 0 unspecified atom stereocenters. The Morgan fingerprint density at radius 1 is 1.07 bits per heavy atom. The summed E-state index contributed by atoms with van der Waals surface area (Å²) < 4.78 is 18.6. The lowest BCUT2D eigenvalue weighted by Crippen LogP contribution is -2.39. The van der Waals surface area contributed by atoms with Crippen LogP contribution in [0.1, 0.15) is 5.56 Å². The number of aryl methyl sites for hydroxylation is 1. The zero-order chi connectivity index (χ0) is 20.4. The third-order valence-electron chi connectivity index (χ3n) is 4.14. The van der Waals surface area contributed by atoms with Crippen LogP contribution in [0.4, 0.5) is 20.6 Å². The van der Waals surface area contributed by atoms with Crippen molar-refractivity contribution in [1.29, 1.82) is 0 Å². The average molecular weight is 385 g/mol. The topological polar surface area (TPSA) is 96.0 Å². The number of hydrogen-bond donors (Lipinski definition) is 1. The summed E-state index contributed by atoms with van der Waals surface area (Å²) in [5, 5.41) is 2.39. The lowest BCUT2D eigenvalue weighted by Gasteiger charge is -2.15. The molecule has 0 bridgehead atoms. The van der Waals surface area contributed by atoms with Crippen molar-refractivity contribution in [2.75, 3.05) is 23.9 Å². The SMILES string of the molecule is COc1ccc(N2C(=O)C(=O)N(CC(=O)Nc3ccc(C)c(F)c3)C2=O)cc1. The van der Waals surface area contributed by atoms with Crippen LogP contribution in [0.2, 0.25) is 0 Å². The lowest BCUT2D eigenvalue weighted by molar-refractivity contribution is -0.140. The first-order chi connectivity index (χ1) is 13.3. The number of amides is 5. The second-order valence-electron chi connectivity index (χ2n) is 6.02. The third kappa shape index (κ3) is 3.54. The molecule has 1 N–H and O–H groups in total. The molecule has 0 radical (unpaired) electrons. The summed E-state index contributed by atoms with van der Waals surface area (Å²) in [6.07, 6.45) is 0. The molecule has 0 aliphatic carbocycles. The molecule has 5 amide bonds. The van der Waals surface area contributed by atoms with Crippen molar-refractivity contribution in [3.05, 3.63) is 53.8 Å². The molecule has 9 heteroatoms. The van der Waals surface area contributed by atoms with Crippen LogP contribution in [0.25, 0.3) is 0 Å². The largest absolute Gasteiger partial charge is 0.497 e. The minimum atomic E-state index is -1.12. The van der Waals surface area contributed by atoms with Crippen molar-refractivity contribution in [2.24, 2.45) is 0 Å². The molecule has 1 aliphatic rings. The minimum Gasteiger partial charge on any atom is -0.497 e. The molecule has 1 saturated heterocycles. The quantitative estimate of drug-likeness (QED) is 0.628. The number of methoxy groups -OCH3 is 1. The minimum absolute atomic E-state index is 0.172. The van der Waals surface area contributed by atoms with Crippen LogP contribution in [0.5, 0.6) is 5.75 Å². The smallest absolute Gasteiger partial charge is 0.339 e. The molecule has 1 fully saturated rings. The van der Waals surface area contributed by atoms with Gasteiger partial charge in [-0.2, -0.15) is 0 Å². The van der Waals surface area contributed by atoms with Gasteiger partial charge >= 0.3 is 17.8 Å². The van der Waals surface area contributed by atoms with Gasteiger partial charge in [0.25, 0.3) is 0 Å². The van der Waals surface area contributed by atoms with Crippen molar-refractivity contribution in [2.45, 2.75) is 6.92 Å². The van der Waals surface area contributed by atoms with E-state index in [1.165, 1.54) is 43.5 Å². The Morgan fingerprint density at radius 2 is 1.75 bits per heavy atom. The van der Waals surface area contributed by atoms with E-state index in [9.17, 15) is 23.6 Å². The van der Waals surface area contributed by atoms with E-state index in [4.69, 9.17) is 4.74 Å². The Kier molecular flexibility index (Phi) is 5.08. The molecule has 3 rings (SSSR count). The number of benzene rings is 2. The van der Waals surface area contributed by atoms with E-state index in [1.807, 2.05) is 0 Å². The van der Waals surface area contributed by atoms with E-state index < -0.39 is 36.1 Å². The molecular weight excluding hydrogens is 369 g/mol. The summed E-state index contributed by atoms with van der Waals surface area (Å²) in [6, 6.07) is 9.09. The number of rotatable bonds is 5. The summed E-state index contributed by atoms with van der Waals surface area (Å²) in [5.41, 5.74) is 0.752. The van der Waals surface area contributed by atoms with Crippen LogP contribution >= 0.6 is 0 Å². The molecule has 1 aliphatic heterocycles. The van der Waals surface area contributed by atoms with Crippen molar-refractivity contribution in [3.63, 3.8) is 0 Å². The van der Waals surface area contributed by atoms with E-state index in [-0.39, 0.29) is 11.4 Å². The summed E-state index contributed by atoms with van der Waals surface area (Å²) in [6.45, 7) is 0.896. The molecule has 0 spiro atoms. The normalized spacial score (nSPS) is 13.9. The maximum absolute atomic E-state index is 13.6. The van der Waals surface area contributed by atoms with Gasteiger partial charge in [-0.25, -0.2) is 19.0 Å². The molecule has 28 heavy (non-hydrogen) atoms. The zero-order valence-electron chi connectivity index (χ0n) is 15.1. The van der Waals surface area contributed by atoms with Crippen LogP contribution in [0.3, 0.4) is 0 Å². The van der Waals surface area contributed by atoms with E-state index >= 15 is 0 Å². The van der Waals surface area contributed by atoms with Gasteiger partial charge in [-0.1, -0.05) is 6.07 Å². The maximum atomic E-state index is 13.6. The molecular formula is C19H16FN3O5. The van der Waals surface area contributed by atoms with Gasteiger partial charge in [-0.15, -0.1) is 0 Å². The van der Waals surface area contributed by atoms with Crippen LogP contribution in [-0.2, 0) is 14.4 Å². The first kappa shape index (κ1) is 19.0. The van der Waals surface area contributed by atoms with Gasteiger partial charge in [0.2, 0.25) is 5.91 Å². The standard InChI is InChI=1S/C19H16FN3O5/c1-11-3-4-12(9-15(11)20)21-16(24)10-22-17(25)18(26)23(19(22)27)13-5-7-14(28-2)8-6-13/h3-9H,10H2,1-2H3,(H,21,24). The van der Waals surface area contributed by atoms with E-state index in [0.717, 1.165) is 6.07 Å². The summed E-state index contributed by atoms with van der Waals surface area (Å²) in [4.78, 5) is 50.2. The summed E-state index contributed by atoms with van der Waals surface area (Å²) >= 11 is 0. The van der Waals surface area contributed by atoms with Gasteiger partial charge in [0.1, 0.15) is 18.1 Å². The summed E-state index contributed by atoms with van der Waals surface area (Å²) in [7, 11) is 1.46. The third-order valence-corrected chi connectivity index (χ3v) is 4.14. The van der Waals surface area contributed by atoms with Crippen LogP contribution in [0.15, 0.2) is 42.5 Å². The molecule has 2 aromatic carbocycles. The lowest BCUT2D eigenvalue weighted by atomic mass is 10.2. The second-order valence-corrected chi connectivity index (χ2v) is 6.02. The number of imide groups is 2. The van der Waals surface area contributed by atoms with Crippen LogP contribution in [-0.4, -0.2) is 42.3 Å². The molecule has 144 valence electrons. The second kappa shape index (κ2) is 7.47. The molecule has 8 nitrogen and oxygen atoms in total. The number of anilines is 2. The zero-order valence-corrected chi connectivity index (χ0v) is 15.1. The number of carbonyl (C=O) groups excluding carboxylic acids is 4. The summed E-state index contributed by atoms with van der Waals surface area (Å²) in [5.74, 6) is -2.92. The number of ether oxygens (including phenoxy) is 1. The highest BCUT2D eigenvalue weighted by Gasteiger charge is 2.46. The van der Waals surface area contributed by atoms with E-state index in [2.05, 4.69) is 5.32 Å². The Labute approximate surface area is 159 Å². The number of carbonyl (C=O) groups is 4. The fraction of sp³-hybridized carbons (Fsp3) is 0.158. The Balaban J connectivity index is 1.73. The molecule has 2 aromatic rings. The van der Waals surface area contributed by atoms with Crippen LogP contribution in [0, 0.1) is 12.7 Å². The van der Waals surface area contributed by atoms with Crippen molar-refractivity contribution in [3.8, 4) is 5.75 Å². The van der Waals surface area contributed by atoms with Gasteiger partial charge < -0.3 is 10.1 Å². The van der Waals surface area contributed by atoms with E-state index in [0.29, 0.717) is 21.1 Å². The molecule has 0 saturated carbocycles. The Morgan fingerprint density at radius 3 is 2.36 bits per heavy atom. The fourth-order valence-corrected chi connectivity index (χ4v) is 2.62. The monoisotopic (exact) mass is 385 g/mol. The predicted octanol–water partition coefficient (Wildman–Crippen LogP) is 2.08. The molecule has 0 aromatic heterocycles. The number of nitrogens with one attached hydrogen (secondary N) is 1. The molecule has 0 atom stereocenters. The van der Waals surface area contributed by atoms with Gasteiger partial charge in [0, 0.05) is 5.69 Å². The van der Waals surface area contributed by atoms with Crippen molar-refractivity contribution >= 4 is 35.1 Å². The molecule has 1 heterocycles. The first-order valence-corrected chi connectivity index (χ1v) is 8.22. The Bertz CT molecular complexity index is 974. The van der Waals surface area contributed by atoms with Gasteiger partial charge in [0.15, 0.2) is 0 Å². The Hall–Kier alpha value is -3.75. The number of halogens is 1. The number of urea groups is 1. The highest BCUT2D eigenvalue weighted by Crippen LogP contribution is 2.24. The van der Waals surface area contributed by atoms with Crippen LogP contribution < -0.4 is 15.0 Å². The van der Waals surface area contributed by atoms with Crippen molar-refractivity contribution < 1.29 is 28.3 Å².